The second-order valence-electron chi connectivity index (χ2n) is 13.6. The number of methoxy groups -OCH3 is 1. The van der Waals surface area contributed by atoms with E-state index >= 15 is 0 Å². The molecule has 59 heavy (non-hydrogen) atoms. The van der Waals surface area contributed by atoms with E-state index in [-0.39, 0.29) is 49.6 Å². The van der Waals surface area contributed by atoms with E-state index in [0.29, 0.717) is 58.5 Å². The zero-order valence-electron chi connectivity index (χ0n) is 37.5. The van der Waals surface area contributed by atoms with Crippen LogP contribution in [0.15, 0.2) is 30.3 Å². The molecule has 0 unspecified atom stereocenters. The van der Waals surface area contributed by atoms with E-state index in [9.17, 15) is 23.5 Å². The van der Waals surface area contributed by atoms with E-state index in [1.807, 2.05) is 51.1 Å². The fraction of sp³-hybridized carbons (Fsp3) is 0.775. The van der Waals surface area contributed by atoms with E-state index < -0.39 is 39.0 Å². The number of ether oxygens (including phenoxy) is 8. The predicted molar refractivity (Wildman–Crippen MR) is 221 cm³/mol. The third-order valence-electron chi connectivity index (χ3n) is 7.67. The van der Waals surface area contributed by atoms with Crippen LogP contribution in [0.5, 0.6) is 0 Å². The Kier molecular flexibility index (Phi) is 29.0. The SMILES string of the molecule is CCOC(CCP(=O)(OCC)OCC)OCC.CCOP(=O)(CCC=O)OCC.COC(=O)[C@H]1OC(C)(C)O[C@@H]1C.C[C@H]1OC(C)(C)O[C@@H]1C(=O)OCc1ccccc1. The first-order valence-corrected chi connectivity index (χ1v) is 23.6. The molecule has 0 N–H and O–H groups in total. The monoisotopic (exact) mass is 886 g/mol. The average Bonchev–Trinajstić information content (AvgIpc) is 3.63. The highest BCUT2D eigenvalue weighted by Gasteiger charge is 2.44. The molecule has 2 aliphatic heterocycles. The van der Waals surface area contributed by atoms with Crippen LogP contribution < -0.4 is 0 Å². The Hall–Kier alpha value is -2.11. The molecular weight excluding hydrogens is 814 g/mol. The summed E-state index contributed by atoms with van der Waals surface area (Å²) in [6.07, 6.45) is -0.165. The quantitative estimate of drug-likeness (QED) is 0.0472. The number of esters is 2. The minimum Gasteiger partial charge on any atom is -0.467 e. The number of aldehydes is 1. The van der Waals surface area contributed by atoms with E-state index in [1.54, 1.807) is 62.3 Å². The first kappa shape index (κ1) is 56.9. The van der Waals surface area contributed by atoms with Crippen molar-refractivity contribution in [2.45, 2.75) is 145 Å². The lowest BCUT2D eigenvalue weighted by Crippen LogP contribution is -2.31. The molecule has 0 aromatic heterocycles. The van der Waals surface area contributed by atoms with Gasteiger partial charge in [0.25, 0.3) is 0 Å². The fourth-order valence-electron chi connectivity index (χ4n) is 5.46. The van der Waals surface area contributed by atoms with Gasteiger partial charge in [-0.2, -0.15) is 0 Å². The van der Waals surface area contributed by atoms with Gasteiger partial charge < -0.3 is 60.8 Å². The topological polar surface area (TPSA) is 196 Å². The average molecular weight is 887 g/mol. The molecule has 0 saturated carbocycles. The summed E-state index contributed by atoms with van der Waals surface area (Å²) in [5.74, 6) is -2.17. The van der Waals surface area contributed by atoms with Crippen LogP contribution in [-0.2, 0) is 86.1 Å². The Labute approximate surface area is 352 Å². The van der Waals surface area contributed by atoms with Crippen molar-refractivity contribution in [3.8, 4) is 0 Å². The van der Waals surface area contributed by atoms with Crippen LogP contribution in [0.4, 0.5) is 0 Å². The summed E-state index contributed by atoms with van der Waals surface area (Å²) in [6.45, 7) is 24.4. The smallest absolute Gasteiger partial charge is 0.338 e. The molecular formula is C40H72O17P2. The molecule has 0 amide bonds. The summed E-state index contributed by atoms with van der Waals surface area (Å²) >= 11 is 0. The molecule has 0 spiro atoms. The molecule has 17 nitrogen and oxygen atoms in total. The Morgan fingerprint density at radius 2 is 1.10 bits per heavy atom. The van der Waals surface area contributed by atoms with Gasteiger partial charge in [0.15, 0.2) is 30.1 Å². The van der Waals surface area contributed by atoms with Crippen LogP contribution in [0.3, 0.4) is 0 Å². The second-order valence-corrected chi connectivity index (χ2v) is 17.9. The maximum Gasteiger partial charge on any atom is 0.338 e. The van der Waals surface area contributed by atoms with E-state index in [0.717, 1.165) is 5.56 Å². The molecule has 0 bridgehead atoms. The molecule has 4 atom stereocenters. The summed E-state index contributed by atoms with van der Waals surface area (Å²) < 4.78 is 86.3. The summed E-state index contributed by atoms with van der Waals surface area (Å²) in [7, 11) is -4.61. The highest BCUT2D eigenvalue weighted by atomic mass is 31.2. The number of carbonyl (C=O) groups is 3. The first-order valence-electron chi connectivity index (χ1n) is 20.2. The minimum absolute atomic E-state index is 0.179. The summed E-state index contributed by atoms with van der Waals surface area (Å²) in [5.41, 5.74) is 0.955. The Bertz CT molecular complexity index is 1370. The third kappa shape index (κ3) is 24.2. The zero-order valence-corrected chi connectivity index (χ0v) is 39.3. The van der Waals surface area contributed by atoms with Crippen molar-refractivity contribution < 1.29 is 79.5 Å². The molecule has 1 aromatic carbocycles. The fourth-order valence-corrected chi connectivity index (χ4v) is 8.65. The predicted octanol–water partition coefficient (Wildman–Crippen LogP) is 7.85. The van der Waals surface area contributed by atoms with Crippen LogP contribution >= 0.6 is 15.2 Å². The number of carbonyl (C=O) groups excluding carboxylic acids is 3. The first-order chi connectivity index (χ1) is 27.7. The largest absolute Gasteiger partial charge is 0.467 e. The molecule has 1 aromatic rings. The Balaban J connectivity index is 0.000000774. The normalized spacial score (nSPS) is 20.6. The van der Waals surface area contributed by atoms with Crippen LogP contribution in [0.25, 0.3) is 0 Å². The van der Waals surface area contributed by atoms with Crippen LogP contribution in [0, 0.1) is 0 Å². The maximum absolute atomic E-state index is 12.2. The molecule has 0 aliphatic carbocycles. The van der Waals surface area contributed by atoms with Gasteiger partial charge in [-0.15, -0.1) is 0 Å². The minimum atomic E-state index is -2.98. The lowest BCUT2D eigenvalue weighted by molar-refractivity contribution is -0.171. The molecule has 344 valence electrons. The van der Waals surface area contributed by atoms with Crippen molar-refractivity contribution in [3.05, 3.63) is 35.9 Å². The molecule has 19 heteroatoms. The van der Waals surface area contributed by atoms with Gasteiger partial charge in [0, 0.05) is 26.1 Å². The van der Waals surface area contributed by atoms with Gasteiger partial charge >= 0.3 is 27.1 Å². The second kappa shape index (κ2) is 30.0. The van der Waals surface area contributed by atoms with Crippen molar-refractivity contribution in [1.82, 2.24) is 0 Å². The maximum atomic E-state index is 12.2. The Morgan fingerprint density at radius 1 is 0.678 bits per heavy atom. The molecule has 2 aliphatic rings. The third-order valence-corrected chi connectivity index (χ3v) is 11.9. The van der Waals surface area contributed by atoms with Gasteiger partial charge in [-0.25, -0.2) is 9.59 Å². The van der Waals surface area contributed by atoms with Gasteiger partial charge in [0.05, 0.1) is 58.1 Å². The van der Waals surface area contributed by atoms with E-state index in [4.69, 9.17) is 51.3 Å². The zero-order chi connectivity index (χ0) is 45.1. The van der Waals surface area contributed by atoms with Crippen molar-refractivity contribution in [1.29, 1.82) is 0 Å². The van der Waals surface area contributed by atoms with Gasteiger partial charge in [-0.3, -0.25) is 9.13 Å². The van der Waals surface area contributed by atoms with E-state index in [1.165, 1.54) is 7.11 Å². The van der Waals surface area contributed by atoms with Crippen LogP contribution in [0.2, 0.25) is 0 Å². The van der Waals surface area contributed by atoms with E-state index in [2.05, 4.69) is 4.74 Å². The standard InChI is InChI=1S/C14H18O4.C11H25O5P.C8H14O4.C7H15O4P/c1-10-12(18-14(2,3)17-10)13(15)16-9-11-7-5-4-6-8-11;1-5-13-11(14-6-2)9-10-17(12,15-7-3)16-8-4;1-5-6(7(9)10-4)12-8(2,3)11-5;1-3-10-12(9,11-4-2)7-5-6-8/h4-8,10,12H,9H2,1-3H3;11H,5-10H2,1-4H3;5-6H,1-4H3;6H,3-5,7H2,1-2H3/t10-,12+;;5-,6+;/m1.1./s1. The van der Waals surface area contributed by atoms with Gasteiger partial charge in [-0.1, -0.05) is 30.3 Å². The van der Waals surface area contributed by atoms with Crippen molar-refractivity contribution in [3.63, 3.8) is 0 Å². The number of rotatable bonds is 22. The Morgan fingerprint density at radius 3 is 1.46 bits per heavy atom. The summed E-state index contributed by atoms with van der Waals surface area (Å²) in [5, 5.41) is 0. The molecule has 2 heterocycles. The van der Waals surface area contributed by atoms with Crippen LogP contribution in [0.1, 0.15) is 101 Å². The number of benzene rings is 1. The lowest BCUT2D eigenvalue weighted by Gasteiger charge is -2.21. The molecule has 0 radical (unpaired) electrons. The van der Waals surface area contributed by atoms with Gasteiger partial charge in [-0.05, 0) is 88.6 Å². The van der Waals surface area contributed by atoms with Gasteiger partial charge in [0.2, 0.25) is 0 Å². The number of hydrogen-bond acceptors (Lipinski definition) is 17. The summed E-state index contributed by atoms with van der Waals surface area (Å²) in [6, 6.07) is 9.55. The lowest BCUT2D eigenvalue weighted by atomic mass is 10.2. The molecule has 2 fully saturated rings. The van der Waals surface area contributed by atoms with Gasteiger partial charge in [0.1, 0.15) is 12.9 Å². The highest BCUT2D eigenvalue weighted by molar-refractivity contribution is 7.54. The van der Waals surface area contributed by atoms with Crippen molar-refractivity contribution >= 4 is 33.4 Å². The van der Waals surface area contributed by atoms with Crippen LogP contribution in [-0.4, -0.2) is 120 Å². The number of hydrogen-bond donors (Lipinski definition) is 0. The molecule has 3 rings (SSSR count). The van der Waals surface area contributed by atoms with Crippen molar-refractivity contribution in [2.75, 3.05) is 59.1 Å². The highest BCUT2D eigenvalue weighted by Crippen LogP contribution is 2.49. The summed E-state index contributed by atoms with van der Waals surface area (Å²) in [4.78, 5) is 33.0. The molecule has 2 saturated heterocycles. The van der Waals surface area contributed by atoms with Crippen molar-refractivity contribution in [2.24, 2.45) is 0 Å².